The van der Waals surface area contributed by atoms with Crippen molar-refractivity contribution in [1.29, 1.82) is 0 Å². The van der Waals surface area contributed by atoms with Crippen molar-refractivity contribution in [2.24, 2.45) is 18.1 Å². The molecule has 12 rings (SSSR count). The van der Waals surface area contributed by atoms with E-state index in [1.165, 1.54) is 0 Å². The van der Waals surface area contributed by atoms with E-state index in [1.807, 2.05) is 0 Å². The minimum absolute atomic E-state index is 0.605. The monoisotopic (exact) mass is 1240 g/mol. The van der Waals surface area contributed by atoms with E-state index in [0.29, 0.717) is 159 Å². The Bertz CT molecular complexity index is 1680. The van der Waals surface area contributed by atoms with Gasteiger partial charge in [0.25, 0.3) is 0 Å². The van der Waals surface area contributed by atoms with E-state index in [1.54, 1.807) is 0 Å². The van der Waals surface area contributed by atoms with E-state index in [2.05, 4.69) is 56.0 Å². The van der Waals surface area contributed by atoms with Crippen molar-refractivity contribution in [2.45, 2.75) is 0 Å². The molecule has 0 saturated carbocycles. The lowest BCUT2D eigenvalue weighted by Gasteiger charge is -2.54. The van der Waals surface area contributed by atoms with E-state index >= 15 is 0 Å². The van der Waals surface area contributed by atoms with Crippen LogP contribution in [0.5, 0.6) is 0 Å². The van der Waals surface area contributed by atoms with Crippen molar-refractivity contribution in [2.75, 3.05) is 316 Å². The third-order valence-electron chi connectivity index (χ3n) is 17.4. The first-order valence-electron chi connectivity index (χ1n) is 30.5. The summed E-state index contributed by atoms with van der Waals surface area (Å²) in [5.41, 5.74) is 0. The standard InChI is InChI=1S/C48H96N16O12P5/c1-25-65-26-2-53(1)78(54-3-27-66-28-4-54,55-5-29-67-30-6-55)49-77(50-79(56-7-31-68-32-8-56,57-9-33-69-34-10-57)58-11-35-70-36-12-58,51-80(59-13-37-71-38-14-59,60-15-39-72-40-16-60)61-17-41-73-42-18-61)52-81(62-19-43-74-44-20-62,63-21-45-75-46-22-63)64-23-47-76-48-24-64/h1-48H2/q+1. The molecule has 28 nitrogen and oxygen atoms in total. The van der Waals surface area contributed by atoms with Gasteiger partial charge in [0.05, 0.1) is 159 Å². The summed E-state index contributed by atoms with van der Waals surface area (Å²) in [7, 11) is -16.7. The van der Waals surface area contributed by atoms with E-state index in [4.69, 9.17) is 74.9 Å². The van der Waals surface area contributed by atoms with Crippen LogP contribution in [0.3, 0.4) is 0 Å². The van der Waals surface area contributed by atoms with Crippen molar-refractivity contribution in [3.63, 3.8) is 0 Å². The summed E-state index contributed by atoms with van der Waals surface area (Å²) in [6, 6.07) is 0. The van der Waals surface area contributed by atoms with E-state index in [-0.39, 0.29) is 0 Å². The number of hydrogen-bond acceptors (Lipinski definition) is 16. The highest BCUT2D eigenvalue weighted by atomic mass is 31.3. The Labute approximate surface area is 482 Å². The third kappa shape index (κ3) is 13.3. The molecule has 464 valence electrons. The SMILES string of the molecule is C1CN(P(=N[P+](N=P(N2CCOCC2)(N2CCOCC2)N2CCOCC2)(N=P(N2CCOCC2)(N2CCOCC2)N2CCOCC2)N=P(N2CCOCC2)(N2CCOCC2)N2CCOCC2)(N2CCOCC2)N2CCOCC2)CCO1. The predicted molar refractivity (Wildman–Crippen MR) is 313 cm³/mol. The molecule has 81 heavy (non-hydrogen) atoms. The first-order chi connectivity index (χ1) is 40.1. The summed E-state index contributed by atoms with van der Waals surface area (Å²) >= 11 is 0. The molecule has 12 fully saturated rings. The highest BCUT2D eigenvalue weighted by Crippen LogP contribution is 2.88. The second-order valence-corrected chi connectivity index (χ2v) is 36.9. The lowest BCUT2D eigenvalue weighted by Crippen LogP contribution is -2.52. The lowest BCUT2D eigenvalue weighted by molar-refractivity contribution is 0.0373. The molecule has 0 aliphatic carbocycles. The van der Waals surface area contributed by atoms with Gasteiger partial charge in [-0.2, -0.15) is 0 Å². The lowest BCUT2D eigenvalue weighted by atomic mass is 10.5. The van der Waals surface area contributed by atoms with Crippen LogP contribution in [0.15, 0.2) is 18.1 Å². The summed E-state index contributed by atoms with van der Waals surface area (Å²) < 4.78 is 139. The second kappa shape index (κ2) is 29.8. The van der Waals surface area contributed by atoms with Crippen LogP contribution < -0.4 is 0 Å². The number of rotatable bonds is 16. The molecule has 0 spiro atoms. The van der Waals surface area contributed by atoms with E-state index in [9.17, 15) is 0 Å². The molecule has 12 aliphatic heterocycles. The van der Waals surface area contributed by atoms with Gasteiger partial charge in [-0.05, 0) is 18.1 Å². The molecular weight excluding hydrogens is 1150 g/mol. The van der Waals surface area contributed by atoms with Gasteiger partial charge in [0.2, 0.25) is 30.0 Å². The van der Waals surface area contributed by atoms with E-state index < -0.39 is 37.9 Å². The molecule has 0 radical (unpaired) electrons. The van der Waals surface area contributed by atoms with Crippen LogP contribution in [0.4, 0.5) is 0 Å². The first-order valence-corrected chi connectivity index (χ1v) is 38.5. The molecule has 0 bridgehead atoms. The van der Waals surface area contributed by atoms with Gasteiger partial charge in [0.1, 0.15) is 0 Å². The smallest absolute Gasteiger partial charge is 0.379 e. The molecule has 0 aromatic heterocycles. The topological polar surface area (TPSA) is 199 Å². The fraction of sp³-hybridized carbons (Fsp3) is 1.00. The fourth-order valence-corrected chi connectivity index (χ4v) is 39.5. The molecule has 12 aliphatic rings. The quantitative estimate of drug-likeness (QED) is 0.204. The maximum Gasteiger partial charge on any atom is 0.502 e. The van der Waals surface area contributed by atoms with Gasteiger partial charge in [0.15, 0.2) is 0 Å². The Balaban J connectivity index is 1.34. The van der Waals surface area contributed by atoms with E-state index in [0.717, 1.165) is 157 Å². The summed E-state index contributed by atoms with van der Waals surface area (Å²) in [4.78, 5) is 0. The fourth-order valence-electron chi connectivity index (χ4n) is 13.4. The maximum atomic E-state index is 7.31. The molecule has 12 heterocycles. The zero-order valence-electron chi connectivity index (χ0n) is 48.2. The Morgan fingerprint density at radius 2 is 0.247 bits per heavy atom. The molecule has 0 atom stereocenters. The van der Waals surface area contributed by atoms with Gasteiger partial charge >= 0.3 is 7.87 Å². The normalized spacial score (nSPS) is 29.1. The molecule has 0 aromatic rings. The molecule has 0 aromatic carbocycles. The van der Waals surface area contributed by atoms with Crippen LogP contribution >= 0.6 is 37.9 Å². The molecule has 12 saturated heterocycles. The van der Waals surface area contributed by atoms with Crippen LogP contribution in [0.25, 0.3) is 0 Å². The minimum atomic E-state index is -4.07. The van der Waals surface area contributed by atoms with Crippen LogP contribution in [-0.2, 0) is 56.8 Å². The van der Waals surface area contributed by atoms with Gasteiger partial charge in [-0.15, -0.1) is 0 Å². The van der Waals surface area contributed by atoms with Gasteiger partial charge in [-0.1, -0.05) is 0 Å². The second-order valence-electron chi connectivity index (χ2n) is 21.8. The minimum Gasteiger partial charge on any atom is -0.379 e. The maximum absolute atomic E-state index is 7.31. The zero-order valence-corrected chi connectivity index (χ0v) is 52.7. The highest BCUT2D eigenvalue weighted by molar-refractivity contribution is 7.88. The van der Waals surface area contributed by atoms with Gasteiger partial charge < -0.3 is 56.8 Å². The van der Waals surface area contributed by atoms with Crippen LogP contribution in [0.1, 0.15) is 0 Å². The molecule has 0 unspecified atom stereocenters. The largest absolute Gasteiger partial charge is 0.502 e. The number of morpholine rings is 12. The average molecular weight is 1240 g/mol. The van der Waals surface area contributed by atoms with Crippen molar-refractivity contribution >= 4 is 37.9 Å². The number of ether oxygens (including phenoxy) is 12. The average Bonchev–Trinajstić information content (AvgIpc) is 3.68. The van der Waals surface area contributed by atoms with Crippen molar-refractivity contribution in [3.05, 3.63) is 0 Å². The molecule has 0 N–H and O–H groups in total. The van der Waals surface area contributed by atoms with Crippen molar-refractivity contribution in [1.82, 2.24) is 56.0 Å². The summed E-state index contributed by atoms with van der Waals surface area (Å²) in [6.45, 7) is 31.8. The molecular formula is C48H96N16O12P5+. The number of hydrogen-bond donors (Lipinski definition) is 0. The van der Waals surface area contributed by atoms with Gasteiger partial charge in [-0.25, -0.2) is 56.0 Å². The molecule has 33 heteroatoms. The first kappa shape index (κ1) is 61.6. The highest BCUT2D eigenvalue weighted by Gasteiger charge is 2.63. The van der Waals surface area contributed by atoms with Gasteiger partial charge in [-0.3, -0.25) is 0 Å². The Morgan fingerprint density at radius 1 is 0.160 bits per heavy atom. The Morgan fingerprint density at radius 3 is 0.333 bits per heavy atom. The Hall–Kier alpha value is 0.390. The predicted octanol–water partition coefficient (Wildman–Crippen LogP) is 2.44. The van der Waals surface area contributed by atoms with Crippen LogP contribution in [-0.4, -0.2) is 372 Å². The van der Waals surface area contributed by atoms with Crippen molar-refractivity contribution < 1.29 is 56.8 Å². The number of nitrogens with zero attached hydrogens (tertiary/aromatic N) is 16. The third-order valence-corrected chi connectivity index (χ3v) is 39.0. The van der Waals surface area contributed by atoms with Crippen LogP contribution in [0.2, 0.25) is 0 Å². The van der Waals surface area contributed by atoms with Crippen molar-refractivity contribution in [3.8, 4) is 0 Å². The Kier molecular flexibility index (Phi) is 22.7. The zero-order chi connectivity index (χ0) is 54.7. The summed E-state index contributed by atoms with van der Waals surface area (Å²) in [5, 5.41) is 0. The van der Waals surface area contributed by atoms with Crippen LogP contribution in [0, 0.1) is 0 Å². The molecule has 0 amide bonds. The summed E-state index contributed by atoms with van der Waals surface area (Å²) in [6.07, 6.45) is 0. The summed E-state index contributed by atoms with van der Waals surface area (Å²) in [5.74, 6) is 0. The van der Waals surface area contributed by atoms with Gasteiger partial charge in [0, 0.05) is 157 Å².